The van der Waals surface area contributed by atoms with Crippen LogP contribution in [0.3, 0.4) is 0 Å². The van der Waals surface area contributed by atoms with Crippen LogP contribution >= 0.6 is 0 Å². The van der Waals surface area contributed by atoms with E-state index in [0.29, 0.717) is 0 Å². The van der Waals surface area contributed by atoms with E-state index in [4.69, 9.17) is 0 Å². The fourth-order valence-corrected chi connectivity index (χ4v) is 4.23. The molecule has 1 aliphatic rings. The van der Waals surface area contributed by atoms with Crippen LogP contribution < -0.4 is 4.90 Å². The first-order chi connectivity index (χ1) is 12.2. The highest BCUT2D eigenvalue weighted by molar-refractivity contribution is 5.97. The summed E-state index contributed by atoms with van der Waals surface area (Å²) in [6.07, 6.45) is 0. The average molecular weight is 324 g/mol. The standard InChI is InChI=1S/C23H20N2/c1-23(2)18-13-7-9-15-20(18)25(16-10-4-3-5-11-16)22-21(23)17-12-6-8-14-19(17)24-22/h3-15,24H,1-2H3. The molecule has 0 radical (unpaired) electrons. The van der Waals surface area contributed by atoms with E-state index in [2.05, 4.69) is 103 Å². The normalized spacial score (nSPS) is 15.0. The molecule has 25 heavy (non-hydrogen) atoms. The van der Waals surface area contributed by atoms with Crippen LogP contribution in [0.2, 0.25) is 0 Å². The van der Waals surface area contributed by atoms with E-state index in [0.717, 1.165) is 0 Å². The van der Waals surface area contributed by atoms with Crippen molar-refractivity contribution in [1.82, 2.24) is 4.98 Å². The zero-order valence-electron chi connectivity index (χ0n) is 14.5. The molecule has 0 aliphatic carbocycles. The van der Waals surface area contributed by atoms with Gasteiger partial charge in [0.15, 0.2) is 0 Å². The first-order valence-corrected chi connectivity index (χ1v) is 8.74. The molecule has 122 valence electrons. The quantitative estimate of drug-likeness (QED) is 0.437. The number of hydrogen-bond acceptors (Lipinski definition) is 1. The Morgan fingerprint density at radius 3 is 2.28 bits per heavy atom. The smallest absolute Gasteiger partial charge is 0.120 e. The van der Waals surface area contributed by atoms with Crippen molar-refractivity contribution in [3.63, 3.8) is 0 Å². The summed E-state index contributed by atoms with van der Waals surface area (Å²) in [5.74, 6) is 1.18. The fourth-order valence-electron chi connectivity index (χ4n) is 4.23. The monoisotopic (exact) mass is 324 g/mol. The van der Waals surface area contributed by atoms with E-state index in [-0.39, 0.29) is 5.41 Å². The number of nitrogens with one attached hydrogen (secondary N) is 1. The minimum Gasteiger partial charge on any atom is -0.341 e. The number of hydrogen-bond donors (Lipinski definition) is 1. The van der Waals surface area contributed by atoms with Gasteiger partial charge in [-0.1, -0.05) is 68.4 Å². The second-order valence-corrected chi connectivity index (χ2v) is 7.21. The van der Waals surface area contributed by atoms with Crippen molar-refractivity contribution >= 4 is 28.1 Å². The molecule has 2 heteroatoms. The van der Waals surface area contributed by atoms with Crippen molar-refractivity contribution in [1.29, 1.82) is 0 Å². The lowest BCUT2D eigenvalue weighted by atomic mass is 9.74. The summed E-state index contributed by atoms with van der Waals surface area (Å²) in [4.78, 5) is 6.04. The van der Waals surface area contributed by atoms with Crippen molar-refractivity contribution < 1.29 is 0 Å². The van der Waals surface area contributed by atoms with Gasteiger partial charge in [0, 0.05) is 27.6 Å². The van der Waals surface area contributed by atoms with Gasteiger partial charge in [0.05, 0.1) is 5.69 Å². The lowest BCUT2D eigenvalue weighted by Gasteiger charge is -2.40. The molecule has 1 aromatic heterocycles. The Balaban J connectivity index is 1.91. The van der Waals surface area contributed by atoms with Crippen LogP contribution in [0.15, 0.2) is 78.9 Å². The molecule has 0 fully saturated rings. The maximum atomic E-state index is 3.69. The minimum atomic E-state index is -0.0587. The molecule has 0 unspecified atom stereocenters. The van der Waals surface area contributed by atoms with Crippen molar-refractivity contribution in [2.24, 2.45) is 0 Å². The Kier molecular flexibility index (Phi) is 2.87. The summed E-state index contributed by atoms with van der Waals surface area (Å²) in [7, 11) is 0. The molecule has 2 nitrogen and oxygen atoms in total. The lowest BCUT2D eigenvalue weighted by Crippen LogP contribution is -2.30. The third-order valence-corrected chi connectivity index (χ3v) is 5.37. The predicted molar refractivity (Wildman–Crippen MR) is 105 cm³/mol. The van der Waals surface area contributed by atoms with Crippen LogP contribution in [0.4, 0.5) is 17.2 Å². The van der Waals surface area contributed by atoms with E-state index in [1.165, 1.54) is 39.2 Å². The van der Waals surface area contributed by atoms with Crippen LogP contribution in [-0.2, 0) is 5.41 Å². The summed E-state index contributed by atoms with van der Waals surface area (Å²) in [6.45, 7) is 4.65. The number of para-hydroxylation sites is 3. The van der Waals surface area contributed by atoms with Gasteiger partial charge < -0.3 is 4.98 Å². The van der Waals surface area contributed by atoms with E-state index in [9.17, 15) is 0 Å². The number of aromatic amines is 1. The Labute approximate surface area is 147 Å². The second kappa shape index (κ2) is 5.00. The van der Waals surface area contributed by atoms with Gasteiger partial charge in [0.2, 0.25) is 0 Å². The van der Waals surface area contributed by atoms with Gasteiger partial charge in [-0.15, -0.1) is 0 Å². The molecule has 0 spiro atoms. The number of rotatable bonds is 1. The molecule has 1 aliphatic heterocycles. The van der Waals surface area contributed by atoms with E-state index >= 15 is 0 Å². The molecule has 4 aromatic rings. The summed E-state index contributed by atoms with van der Waals surface area (Å²) in [5.41, 5.74) is 6.28. The van der Waals surface area contributed by atoms with Gasteiger partial charge in [0.1, 0.15) is 5.82 Å². The topological polar surface area (TPSA) is 19.0 Å². The number of anilines is 3. The Morgan fingerprint density at radius 2 is 1.44 bits per heavy atom. The third-order valence-electron chi connectivity index (χ3n) is 5.37. The van der Waals surface area contributed by atoms with Gasteiger partial charge in [-0.25, -0.2) is 0 Å². The molecule has 2 heterocycles. The Hall–Kier alpha value is -3.00. The molecule has 1 N–H and O–H groups in total. The number of nitrogens with zero attached hydrogens (tertiary/aromatic N) is 1. The number of aromatic nitrogens is 1. The predicted octanol–water partition coefficient (Wildman–Crippen LogP) is 6.28. The van der Waals surface area contributed by atoms with Crippen LogP contribution in [-0.4, -0.2) is 4.98 Å². The van der Waals surface area contributed by atoms with Crippen molar-refractivity contribution in [3.05, 3.63) is 90.0 Å². The fraction of sp³-hybridized carbons (Fsp3) is 0.130. The lowest BCUT2D eigenvalue weighted by molar-refractivity contribution is 0.637. The number of H-pyrrole nitrogens is 1. The highest BCUT2D eigenvalue weighted by Gasteiger charge is 2.39. The molecule has 0 bridgehead atoms. The van der Waals surface area contributed by atoms with Crippen LogP contribution in [0.5, 0.6) is 0 Å². The van der Waals surface area contributed by atoms with E-state index in [1.807, 2.05) is 0 Å². The Bertz CT molecular complexity index is 1070. The van der Waals surface area contributed by atoms with E-state index in [1.54, 1.807) is 0 Å². The molecule has 0 amide bonds. The summed E-state index contributed by atoms with van der Waals surface area (Å²) in [6, 6.07) is 28.0. The average Bonchev–Trinajstić information content (AvgIpc) is 3.03. The van der Waals surface area contributed by atoms with Crippen molar-refractivity contribution in [2.45, 2.75) is 19.3 Å². The maximum Gasteiger partial charge on any atom is 0.120 e. The third kappa shape index (κ3) is 1.91. The zero-order chi connectivity index (χ0) is 17.0. The van der Waals surface area contributed by atoms with Gasteiger partial charge in [0.25, 0.3) is 0 Å². The number of fused-ring (bicyclic) bond motifs is 4. The van der Waals surface area contributed by atoms with Gasteiger partial charge in [-0.2, -0.15) is 0 Å². The second-order valence-electron chi connectivity index (χ2n) is 7.21. The highest BCUT2D eigenvalue weighted by Crippen LogP contribution is 2.53. The molecule has 0 saturated carbocycles. The molecule has 3 aromatic carbocycles. The molecular weight excluding hydrogens is 304 g/mol. The molecule has 5 rings (SSSR count). The first-order valence-electron chi connectivity index (χ1n) is 8.74. The first kappa shape index (κ1) is 14.4. The Morgan fingerprint density at radius 1 is 0.760 bits per heavy atom. The summed E-state index contributed by atoms with van der Waals surface area (Å²) in [5, 5.41) is 1.30. The highest BCUT2D eigenvalue weighted by atomic mass is 15.2. The minimum absolute atomic E-state index is 0.0587. The molecular formula is C23H20N2. The zero-order valence-corrected chi connectivity index (χ0v) is 14.5. The van der Waals surface area contributed by atoms with Crippen molar-refractivity contribution in [2.75, 3.05) is 4.90 Å². The van der Waals surface area contributed by atoms with Gasteiger partial charge in [-0.3, -0.25) is 4.90 Å². The largest absolute Gasteiger partial charge is 0.341 e. The van der Waals surface area contributed by atoms with Crippen LogP contribution in [0, 0.1) is 0 Å². The van der Waals surface area contributed by atoms with Gasteiger partial charge in [-0.05, 0) is 29.8 Å². The van der Waals surface area contributed by atoms with E-state index < -0.39 is 0 Å². The SMILES string of the molecule is CC1(C)c2ccccc2N(c2ccccc2)c2[nH]c3ccccc3c21. The maximum absolute atomic E-state index is 3.69. The van der Waals surface area contributed by atoms with Crippen LogP contribution in [0.25, 0.3) is 10.9 Å². The van der Waals surface area contributed by atoms with Crippen molar-refractivity contribution in [3.8, 4) is 0 Å². The summed E-state index contributed by atoms with van der Waals surface area (Å²) >= 11 is 0. The molecule has 0 atom stereocenters. The summed E-state index contributed by atoms with van der Waals surface area (Å²) < 4.78 is 0. The van der Waals surface area contributed by atoms with Gasteiger partial charge >= 0.3 is 0 Å². The van der Waals surface area contributed by atoms with Crippen LogP contribution in [0.1, 0.15) is 25.0 Å². The number of benzene rings is 3. The molecule has 0 saturated heterocycles.